The summed E-state index contributed by atoms with van der Waals surface area (Å²) in [5.74, 6) is 0. The van der Waals surface area contributed by atoms with E-state index in [4.69, 9.17) is 0 Å². The van der Waals surface area contributed by atoms with Crippen molar-refractivity contribution in [3.8, 4) is 33.4 Å². The van der Waals surface area contributed by atoms with Gasteiger partial charge in [-0.25, -0.2) is 0 Å². The highest BCUT2D eigenvalue weighted by Crippen LogP contribution is 2.45. The monoisotopic (exact) mass is 592 g/mol. The zero-order valence-corrected chi connectivity index (χ0v) is 27.3. The topological polar surface area (TPSA) is 0 Å². The van der Waals surface area contributed by atoms with E-state index >= 15 is 0 Å². The molecule has 0 atom stereocenters. The van der Waals surface area contributed by atoms with E-state index in [1.807, 2.05) is 0 Å². The van der Waals surface area contributed by atoms with Gasteiger partial charge in [0.05, 0.1) is 0 Å². The van der Waals surface area contributed by atoms with Gasteiger partial charge in [-0.05, 0) is 101 Å². The molecule has 0 saturated carbocycles. The van der Waals surface area contributed by atoms with Crippen molar-refractivity contribution in [2.45, 2.75) is 26.1 Å². The van der Waals surface area contributed by atoms with E-state index in [1.54, 1.807) is 0 Å². The molecule has 0 aliphatic rings. The predicted octanol–water partition coefficient (Wildman–Crippen LogP) is 12.2. The van der Waals surface area contributed by atoms with Crippen LogP contribution in [0.4, 0.5) is 0 Å². The van der Waals surface area contributed by atoms with Crippen LogP contribution < -0.4 is 0 Å². The second-order valence-electron chi connectivity index (χ2n) is 12.9. The molecule has 45 heavy (non-hydrogen) atoms. The molecule has 0 aliphatic carbocycles. The Labute approximate surface area is 267 Å². The van der Waals surface area contributed by atoms with Crippen molar-refractivity contribution >= 4 is 51.9 Å². The lowest BCUT2D eigenvalue weighted by Crippen LogP contribution is -2.06. The van der Waals surface area contributed by atoms with Gasteiger partial charge >= 0.3 is 0 Å². The zero-order valence-electron chi connectivity index (χ0n) is 26.1. The van der Waals surface area contributed by atoms with Gasteiger partial charge < -0.3 is 0 Å². The maximum atomic E-state index is 2.44. The third-order valence-corrected chi connectivity index (χ3v) is 10.6. The molecule has 0 fully saturated rings. The molecule has 0 N–H and O–H groups in total. The number of aryl methyl sites for hydroxylation is 1. The summed E-state index contributed by atoms with van der Waals surface area (Å²) in [6, 6.07) is 55.7. The smallest absolute Gasteiger partial charge is 0.0352 e. The fraction of sp³-hybridized carbons (Fsp3) is 0.0909. The van der Waals surface area contributed by atoms with Crippen molar-refractivity contribution in [2.24, 2.45) is 0 Å². The molecule has 8 aromatic rings. The SMILES string of the molecule is Cc1ccc2ccc(-c3ccc(-c4c5ccccc5c(-c5ccc(C[SiH](C)C)c6ccccc56)c5ccccc45)cc3)cc2c1. The van der Waals surface area contributed by atoms with Crippen LogP contribution in [0.25, 0.3) is 76.5 Å². The van der Waals surface area contributed by atoms with Gasteiger partial charge in [-0.2, -0.15) is 0 Å². The van der Waals surface area contributed by atoms with Gasteiger partial charge in [0, 0.05) is 8.80 Å². The van der Waals surface area contributed by atoms with E-state index in [-0.39, 0.29) is 0 Å². The second-order valence-corrected chi connectivity index (χ2v) is 16.1. The molecule has 1 heteroatoms. The largest absolute Gasteiger partial charge is 0.0719 e. The Balaban J connectivity index is 1.33. The third-order valence-electron chi connectivity index (χ3n) is 9.35. The Morgan fingerprint density at radius 1 is 0.422 bits per heavy atom. The van der Waals surface area contributed by atoms with Crippen molar-refractivity contribution in [2.75, 3.05) is 0 Å². The van der Waals surface area contributed by atoms with Crippen LogP contribution in [0.15, 0.2) is 146 Å². The molecule has 0 nitrogen and oxygen atoms in total. The Morgan fingerprint density at radius 3 is 1.60 bits per heavy atom. The fourth-order valence-electron chi connectivity index (χ4n) is 7.30. The Morgan fingerprint density at radius 2 is 0.956 bits per heavy atom. The quantitative estimate of drug-likeness (QED) is 0.138. The van der Waals surface area contributed by atoms with Crippen molar-refractivity contribution in [1.82, 2.24) is 0 Å². The van der Waals surface area contributed by atoms with E-state index in [1.165, 1.54) is 93.6 Å². The van der Waals surface area contributed by atoms with Gasteiger partial charge in [-0.1, -0.05) is 158 Å². The minimum atomic E-state index is -0.754. The molecule has 8 rings (SSSR count). The highest BCUT2D eigenvalue weighted by atomic mass is 28.3. The number of fused-ring (bicyclic) bond motifs is 4. The summed E-state index contributed by atoms with van der Waals surface area (Å²) in [6.45, 7) is 7.04. The lowest BCUT2D eigenvalue weighted by molar-refractivity contribution is 1.39. The number of benzene rings is 8. The van der Waals surface area contributed by atoms with Crippen LogP contribution in [0.3, 0.4) is 0 Å². The Bertz CT molecular complexity index is 2320. The molecular formula is C44H36Si. The van der Waals surface area contributed by atoms with Gasteiger partial charge in [0.1, 0.15) is 0 Å². The van der Waals surface area contributed by atoms with Crippen molar-refractivity contribution in [3.05, 3.63) is 157 Å². The average molecular weight is 593 g/mol. The molecule has 0 aliphatic heterocycles. The molecule has 8 aromatic carbocycles. The highest BCUT2D eigenvalue weighted by Gasteiger charge is 2.19. The number of hydrogen-bond acceptors (Lipinski definition) is 0. The summed E-state index contributed by atoms with van der Waals surface area (Å²) in [5.41, 5.74) is 10.5. The summed E-state index contributed by atoms with van der Waals surface area (Å²) in [7, 11) is -0.754. The predicted molar refractivity (Wildman–Crippen MR) is 200 cm³/mol. The van der Waals surface area contributed by atoms with Crippen LogP contribution in [0.2, 0.25) is 13.1 Å². The molecule has 0 unspecified atom stereocenters. The summed E-state index contributed by atoms with van der Waals surface area (Å²) in [5, 5.41) is 10.5. The van der Waals surface area contributed by atoms with E-state index in [2.05, 4.69) is 166 Å². The Hall–Kier alpha value is -4.98. The standard InChI is InChI=1S/C44H36Si/c1-29-16-17-31-20-23-33(27-35(31)26-29)30-18-21-32(22-19-30)43-38-12-6-8-14-40(38)44(41-15-9-7-13-39(41)43)42-25-24-34(28-45(2)3)36-10-4-5-11-37(36)42/h4-27,45H,28H2,1-3H3. The molecule has 0 aromatic heterocycles. The van der Waals surface area contributed by atoms with Crippen LogP contribution in [0.5, 0.6) is 0 Å². The molecule has 0 saturated heterocycles. The molecule has 0 spiro atoms. The molecule has 0 radical (unpaired) electrons. The summed E-state index contributed by atoms with van der Waals surface area (Å²) < 4.78 is 0. The molecule has 0 amide bonds. The van der Waals surface area contributed by atoms with Gasteiger partial charge in [0.25, 0.3) is 0 Å². The van der Waals surface area contributed by atoms with Crippen molar-refractivity contribution in [3.63, 3.8) is 0 Å². The molecule has 0 heterocycles. The van der Waals surface area contributed by atoms with Gasteiger partial charge in [0.15, 0.2) is 0 Å². The third kappa shape index (κ3) is 4.85. The fourth-order valence-corrected chi connectivity index (χ4v) is 8.54. The van der Waals surface area contributed by atoms with E-state index < -0.39 is 8.80 Å². The minimum absolute atomic E-state index is 0.754. The van der Waals surface area contributed by atoms with Gasteiger partial charge in [0.2, 0.25) is 0 Å². The zero-order chi connectivity index (χ0) is 30.5. The van der Waals surface area contributed by atoms with Gasteiger partial charge in [-0.3, -0.25) is 0 Å². The Kier molecular flexibility index (Phi) is 6.85. The lowest BCUT2D eigenvalue weighted by atomic mass is 9.84. The summed E-state index contributed by atoms with van der Waals surface area (Å²) in [4.78, 5) is 0. The normalized spacial score (nSPS) is 11.7. The lowest BCUT2D eigenvalue weighted by Gasteiger charge is -2.20. The molecule has 0 bridgehead atoms. The number of hydrogen-bond donors (Lipinski definition) is 0. The first kappa shape index (κ1) is 27.6. The maximum absolute atomic E-state index is 2.44. The summed E-state index contributed by atoms with van der Waals surface area (Å²) in [6.07, 6.45) is 0. The first-order chi connectivity index (χ1) is 22.0. The minimum Gasteiger partial charge on any atom is -0.0719 e. The van der Waals surface area contributed by atoms with E-state index in [9.17, 15) is 0 Å². The molecular weight excluding hydrogens is 557 g/mol. The van der Waals surface area contributed by atoms with Gasteiger partial charge in [-0.15, -0.1) is 0 Å². The van der Waals surface area contributed by atoms with Crippen LogP contribution >= 0.6 is 0 Å². The van der Waals surface area contributed by atoms with Crippen molar-refractivity contribution < 1.29 is 0 Å². The molecule has 216 valence electrons. The first-order valence-electron chi connectivity index (χ1n) is 16.1. The second kappa shape index (κ2) is 11.2. The van der Waals surface area contributed by atoms with Crippen LogP contribution in [0, 0.1) is 6.92 Å². The average Bonchev–Trinajstić information content (AvgIpc) is 3.07. The van der Waals surface area contributed by atoms with Crippen molar-refractivity contribution in [1.29, 1.82) is 0 Å². The van der Waals surface area contributed by atoms with Crippen LogP contribution in [0.1, 0.15) is 11.1 Å². The first-order valence-corrected chi connectivity index (χ1v) is 19.2. The van der Waals surface area contributed by atoms with Crippen LogP contribution in [-0.4, -0.2) is 8.80 Å². The highest BCUT2D eigenvalue weighted by molar-refractivity contribution is 6.55. The maximum Gasteiger partial charge on any atom is 0.0352 e. The summed E-state index contributed by atoms with van der Waals surface area (Å²) >= 11 is 0. The van der Waals surface area contributed by atoms with E-state index in [0.29, 0.717) is 0 Å². The van der Waals surface area contributed by atoms with E-state index in [0.717, 1.165) is 0 Å². The number of rotatable bonds is 5. The van der Waals surface area contributed by atoms with Crippen LogP contribution in [-0.2, 0) is 6.04 Å².